The number of ether oxygens (including phenoxy) is 1. The number of esters is 1. The van der Waals surface area contributed by atoms with Crippen LogP contribution in [0.25, 0.3) is 0 Å². The number of thioether (sulfide) groups is 1. The lowest BCUT2D eigenvalue weighted by molar-refractivity contribution is 0.0524. The molecule has 0 N–H and O–H groups in total. The highest BCUT2D eigenvalue weighted by Gasteiger charge is 2.15. The zero-order valence-corrected chi connectivity index (χ0v) is 9.78. The summed E-state index contributed by atoms with van der Waals surface area (Å²) < 4.78 is 18.5. The fraction of sp³-hybridized carbons (Fsp3) is 0.364. The fourth-order valence-corrected chi connectivity index (χ4v) is 1.78. The zero-order chi connectivity index (χ0) is 11.4. The molecule has 0 fully saturated rings. The first kappa shape index (κ1) is 12.0. The number of hydrogen-bond acceptors (Lipinski definition) is 3. The van der Waals surface area contributed by atoms with Crippen molar-refractivity contribution < 1.29 is 13.9 Å². The fourth-order valence-electron chi connectivity index (χ4n) is 1.25. The van der Waals surface area contributed by atoms with Crippen molar-refractivity contribution in [3.8, 4) is 0 Å². The molecule has 15 heavy (non-hydrogen) atoms. The maximum atomic E-state index is 13.6. The van der Waals surface area contributed by atoms with Crippen LogP contribution >= 0.6 is 11.8 Å². The van der Waals surface area contributed by atoms with E-state index in [1.807, 2.05) is 0 Å². The van der Waals surface area contributed by atoms with E-state index in [4.69, 9.17) is 4.74 Å². The van der Waals surface area contributed by atoms with Crippen LogP contribution in [0.2, 0.25) is 0 Å². The molecule has 0 saturated carbocycles. The van der Waals surface area contributed by atoms with Crippen molar-refractivity contribution in [2.24, 2.45) is 0 Å². The van der Waals surface area contributed by atoms with E-state index in [0.29, 0.717) is 22.6 Å². The second kappa shape index (κ2) is 5.16. The largest absolute Gasteiger partial charge is 0.462 e. The highest BCUT2D eigenvalue weighted by Crippen LogP contribution is 2.24. The number of carbonyl (C=O) groups excluding carboxylic acids is 1. The minimum absolute atomic E-state index is 0.296. The minimum atomic E-state index is -0.471. The van der Waals surface area contributed by atoms with Crippen molar-refractivity contribution >= 4 is 17.7 Å². The molecule has 1 rings (SSSR count). The second-order valence-corrected chi connectivity index (χ2v) is 3.82. The Balaban J connectivity index is 3.11. The van der Waals surface area contributed by atoms with E-state index in [9.17, 15) is 9.18 Å². The molecule has 0 amide bonds. The molecule has 0 spiro atoms. The van der Waals surface area contributed by atoms with Crippen molar-refractivity contribution in [3.05, 3.63) is 29.1 Å². The first-order valence-electron chi connectivity index (χ1n) is 4.62. The summed E-state index contributed by atoms with van der Waals surface area (Å²) in [4.78, 5) is 12.0. The molecule has 2 nitrogen and oxygen atoms in total. The van der Waals surface area contributed by atoms with E-state index < -0.39 is 5.97 Å². The molecule has 1 aromatic rings. The van der Waals surface area contributed by atoms with Crippen LogP contribution in [0.5, 0.6) is 0 Å². The maximum Gasteiger partial charge on any atom is 0.338 e. The van der Waals surface area contributed by atoms with Gasteiger partial charge < -0.3 is 4.74 Å². The number of benzene rings is 1. The van der Waals surface area contributed by atoms with E-state index in [1.54, 1.807) is 32.2 Å². The van der Waals surface area contributed by atoms with E-state index in [-0.39, 0.29) is 5.82 Å². The number of rotatable bonds is 3. The molecule has 0 atom stereocenters. The van der Waals surface area contributed by atoms with Gasteiger partial charge in [0.15, 0.2) is 0 Å². The molecule has 0 unspecified atom stereocenters. The van der Waals surface area contributed by atoms with E-state index in [2.05, 4.69) is 0 Å². The normalized spacial score (nSPS) is 10.1. The highest BCUT2D eigenvalue weighted by molar-refractivity contribution is 7.98. The molecule has 0 aliphatic carbocycles. The van der Waals surface area contributed by atoms with Crippen molar-refractivity contribution in [3.63, 3.8) is 0 Å². The van der Waals surface area contributed by atoms with Crippen molar-refractivity contribution in [2.75, 3.05) is 12.9 Å². The van der Waals surface area contributed by atoms with Gasteiger partial charge in [0.05, 0.1) is 12.2 Å². The smallest absolute Gasteiger partial charge is 0.338 e. The highest BCUT2D eigenvalue weighted by atomic mass is 32.2. The van der Waals surface area contributed by atoms with Gasteiger partial charge in [-0.05, 0) is 32.2 Å². The van der Waals surface area contributed by atoms with Crippen LogP contribution in [0, 0.1) is 12.7 Å². The summed E-state index contributed by atoms with van der Waals surface area (Å²) in [6, 6.07) is 3.20. The minimum Gasteiger partial charge on any atom is -0.462 e. The van der Waals surface area contributed by atoms with E-state index in [1.165, 1.54) is 11.8 Å². The Morgan fingerprint density at radius 1 is 1.53 bits per heavy atom. The molecule has 0 radical (unpaired) electrons. The average molecular weight is 228 g/mol. The van der Waals surface area contributed by atoms with Crippen LogP contribution in [0.1, 0.15) is 22.8 Å². The van der Waals surface area contributed by atoms with Crippen LogP contribution in [0.3, 0.4) is 0 Å². The number of hydrogen-bond donors (Lipinski definition) is 0. The number of carbonyl (C=O) groups is 1. The Labute approximate surface area is 92.8 Å². The lowest BCUT2D eigenvalue weighted by Gasteiger charge is -2.08. The van der Waals surface area contributed by atoms with Gasteiger partial charge in [-0.1, -0.05) is 0 Å². The molecule has 0 heterocycles. The quantitative estimate of drug-likeness (QED) is 0.587. The third kappa shape index (κ3) is 2.50. The van der Waals surface area contributed by atoms with Gasteiger partial charge in [0.25, 0.3) is 0 Å². The zero-order valence-electron chi connectivity index (χ0n) is 8.96. The molecular formula is C11H13FO2S. The summed E-state index contributed by atoms with van der Waals surface area (Å²) in [5, 5.41) is 0. The van der Waals surface area contributed by atoms with Gasteiger partial charge >= 0.3 is 5.97 Å². The molecule has 1 aromatic carbocycles. The lowest BCUT2D eigenvalue weighted by atomic mass is 10.1. The SMILES string of the molecule is CCOC(=O)c1ccc(SC)c(F)c1C. The predicted molar refractivity (Wildman–Crippen MR) is 58.9 cm³/mol. The molecule has 82 valence electrons. The molecule has 0 aliphatic heterocycles. The standard InChI is InChI=1S/C11H13FO2S/c1-4-14-11(13)8-5-6-9(15-3)10(12)7(8)2/h5-6H,4H2,1-3H3. The van der Waals surface area contributed by atoms with Crippen LogP contribution < -0.4 is 0 Å². The van der Waals surface area contributed by atoms with Crippen LogP contribution in [-0.2, 0) is 4.74 Å². The van der Waals surface area contributed by atoms with Gasteiger partial charge in [-0.2, -0.15) is 0 Å². The lowest BCUT2D eigenvalue weighted by Crippen LogP contribution is -2.08. The van der Waals surface area contributed by atoms with Gasteiger partial charge in [-0.25, -0.2) is 9.18 Å². The van der Waals surface area contributed by atoms with Gasteiger partial charge in [0.2, 0.25) is 0 Å². The molecule has 0 aromatic heterocycles. The summed E-state index contributed by atoms with van der Waals surface area (Å²) in [5.41, 5.74) is 0.646. The van der Waals surface area contributed by atoms with Crippen LogP contribution in [0.15, 0.2) is 17.0 Å². The second-order valence-electron chi connectivity index (χ2n) is 2.97. The van der Waals surface area contributed by atoms with Crippen LogP contribution in [-0.4, -0.2) is 18.8 Å². The Bertz CT molecular complexity index is 377. The Hall–Kier alpha value is -1.03. The Morgan fingerprint density at radius 3 is 2.73 bits per heavy atom. The first-order valence-corrected chi connectivity index (χ1v) is 5.84. The molecule has 0 saturated heterocycles. The predicted octanol–water partition coefficient (Wildman–Crippen LogP) is 3.03. The van der Waals surface area contributed by atoms with Crippen LogP contribution in [0.4, 0.5) is 4.39 Å². The molecule has 0 aliphatic rings. The molecule has 4 heteroatoms. The summed E-state index contributed by atoms with van der Waals surface area (Å²) in [7, 11) is 0. The van der Waals surface area contributed by atoms with Crippen molar-refractivity contribution in [1.82, 2.24) is 0 Å². The van der Waals surface area contributed by atoms with Gasteiger partial charge in [-0.15, -0.1) is 11.8 Å². The summed E-state index contributed by atoms with van der Waals surface area (Å²) in [6.45, 7) is 3.60. The van der Waals surface area contributed by atoms with E-state index >= 15 is 0 Å². The number of halogens is 1. The molecular weight excluding hydrogens is 215 g/mol. The Morgan fingerprint density at radius 2 is 2.20 bits per heavy atom. The van der Waals surface area contributed by atoms with Crippen molar-refractivity contribution in [1.29, 1.82) is 0 Å². The first-order chi connectivity index (χ1) is 7.11. The topological polar surface area (TPSA) is 26.3 Å². The summed E-state index contributed by atoms with van der Waals surface area (Å²) in [6.07, 6.45) is 1.79. The Kier molecular flexibility index (Phi) is 4.15. The maximum absolute atomic E-state index is 13.6. The van der Waals surface area contributed by atoms with E-state index in [0.717, 1.165) is 0 Å². The summed E-state index contributed by atoms with van der Waals surface area (Å²) in [5.74, 6) is -0.811. The average Bonchev–Trinajstić information content (AvgIpc) is 2.22. The van der Waals surface area contributed by atoms with Crippen molar-refractivity contribution in [2.45, 2.75) is 18.7 Å². The third-order valence-corrected chi connectivity index (χ3v) is 2.82. The monoisotopic (exact) mass is 228 g/mol. The van der Waals surface area contributed by atoms with Gasteiger partial charge in [0.1, 0.15) is 5.82 Å². The van der Waals surface area contributed by atoms with Gasteiger partial charge in [0, 0.05) is 10.5 Å². The van der Waals surface area contributed by atoms with Gasteiger partial charge in [-0.3, -0.25) is 0 Å². The third-order valence-electron chi connectivity index (χ3n) is 2.07. The summed E-state index contributed by atoms with van der Waals surface area (Å²) >= 11 is 1.32. The molecule has 0 bridgehead atoms.